The quantitative estimate of drug-likeness (QED) is 0.741. The number of rotatable bonds is 3. The van der Waals surface area contributed by atoms with Crippen LogP contribution < -0.4 is 5.73 Å². The highest BCUT2D eigenvalue weighted by atomic mass is 14.8. The Bertz CT molecular complexity index is 392. The zero-order valence-corrected chi connectivity index (χ0v) is 7.46. The lowest BCUT2D eigenvalue weighted by Gasteiger charge is -1.95. The Labute approximate surface area is 77.0 Å². The van der Waals surface area contributed by atoms with E-state index in [0.29, 0.717) is 0 Å². The fraction of sp³-hybridized carbons (Fsp3) is 0.300. The first-order valence-electron chi connectivity index (χ1n) is 4.53. The van der Waals surface area contributed by atoms with E-state index in [0.717, 1.165) is 25.0 Å². The molecule has 0 aliphatic carbocycles. The van der Waals surface area contributed by atoms with Gasteiger partial charge in [0, 0.05) is 17.8 Å². The van der Waals surface area contributed by atoms with Crippen LogP contribution in [0.4, 0.5) is 0 Å². The lowest BCUT2D eigenvalue weighted by molar-refractivity contribution is 0.837. The predicted octanol–water partition coefficient (Wildman–Crippen LogP) is 1.45. The van der Waals surface area contributed by atoms with E-state index in [1.165, 1.54) is 10.9 Å². The highest BCUT2D eigenvalue weighted by Crippen LogP contribution is 2.16. The molecule has 2 heterocycles. The zero-order chi connectivity index (χ0) is 9.10. The van der Waals surface area contributed by atoms with Gasteiger partial charge in [0.25, 0.3) is 0 Å². The van der Waals surface area contributed by atoms with E-state index in [-0.39, 0.29) is 0 Å². The largest absolute Gasteiger partial charge is 0.346 e. The van der Waals surface area contributed by atoms with Crippen LogP contribution in [0.25, 0.3) is 11.0 Å². The van der Waals surface area contributed by atoms with E-state index in [2.05, 4.69) is 16.0 Å². The Hall–Kier alpha value is -1.35. The molecule has 0 saturated heterocycles. The summed E-state index contributed by atoms with van der Waals surface area (Å²) in [6.07, 6.45) is 5.88. The van der Waals surface area contributed by atoms with Gasteiger partial charge in [-0.1, -0.05) is 0 Å². The maximum atomic E-state index is 5.46. The van der Waals surface area contributed by atoms with Crippen LogP contribution in [0.2, 0.25) is 0 Å². The van der Waals surface area contributed by atoms with Gasteiger partial charge in [0.2, 0.25) is 0 Å². The van der Waals surface area contributed by atoms with Gasteiger partial charge >= 0.3 is 0 Å². The Kier molecular flexibility index (Phi) is 2.27. The standard InChI is InChI=1S/C10H13N3/c11-5-1-3-8-7-13-10-9(8)4-2-6-12-10/h2,4,6-7H,1,3,5,11H2,(H,12,13). The monoisotopic (exact) mass is 175 g/mol. The Morgan fingerprint density at radius 1 is 1.46 bits per heavy atom. The summed E-state index contributed by atoms with van der Waals surface area (Å²) < 4.78 is 0. The smallest absolute Gasteiger partial charge is 0.137 e. The molecule has 0 amide bonds. The Morgan fingerprint density at radius 2 is 2.38 bits per heavy atom. The van der Waals surface area contributed by atoms with Gasteiger partial charge in [-0.25, -0.2) is 4.98 Å². The average Bonchev–Trinajstić information content (AvgIpc) is 2.58. The minimum absolute atomic E-state index is 0.743. The Morgan fingerprint density at radius 3 is 3.23 bits per heavy atom. The molecule has 3 heteroatoms. The van der Waals surface area contributed by atoms with E-state index < -0.39 is 0 Å². The number of fused-ring (bicyclic) bond motifs is 1. The van der Waals surface area contributed by atoms with Gasteiger partial charge in [0.15, 0.2) is 0 Å². The minimum Gasteiger partial charge on any atom is -0.346 e. The number of nitrogens with two attached hydrogens (primary N) is 1. The molecule has 0 radical (unpaired) electrons. The van der Waals surface area contributed by atoms with Crippen molar-refractivity contribution in [2.45, 2.75) is 12.8 Å². The fourth-order valence-corrected chi connectivity index (χ4v) is 1.51. The van der Waals surface area contributed by atoms with E-state index in [9.17, 15) is 0 Å². The molecule has 0 atom stereocenters. The first-order chi connectivity index (χ1) is 6.42. The molecule has 2 rings (SSSR count). The van der Waals surface area contributed by atoms with Gasteiger partial charge in [0.1, 0.15) is 5.65 Å². The van der Waals surface area contributed by atoms with Crippen molar-refractivity contribution in [3.8, 4) is 0 Å². The van der Waals surface area contributed by atoms with Crippen molar-refractivity contribution in [3.05, 3.63) is 30.1 Å². The molecule has 0 bridgehead atoms. The number of hydrogen-bond donors (Lipinski definition) is 2. The number of pyridine rings is 1. The van der Waals surface area contributed by atoms with Crippen molar-refractivity contribution >= 4 is 11.0 Å². The molecular formula is C10H13N3. The van der Waals surface area contributed by atoms with Gasteiger partial charge < -0.3 is 10.7 Å². The third-order valence-electron chi connectivity index (χ3n) is 2.19. The van der Waals surface area contributed by atoms with Crippen LogP contribution >= 0.6 is 0 Å². The lowest BCUT2D eigenvalue weighted by Crippen LogP contribution is -1.99. The summed E-state index contributed by atoms with van der Waals surface area (Å²) in [7, 11) is 0. The van der Waals surface area contributed by atoms with E-state index in [4.69, 9.17) is 5.73 Å². The number of hydrogen-bond acceptors (Lipinski definition) is 2. The molecular weight excluding hydrogens is 162 g/mol. The topological polar surface area (TPSA) is 54.7 Å². The number of H-pyrrole nitrogens is 1. The molecule has 2 aromatic rings. The summed E-state index contributed by atoms with van der Waals surface area (Å²) in [6, 6.07) is 4.05. The number of nitrogens with zero attached hydrogens (tertiary/aromatic N) is 1. The maximum absolute atomic E-state index is 5.46. The lowest BCUT2D eigenvalue weighted by atomic mass is 10.1. The van der Waals surface area contributed by atoms with Gasteiger partial charge in [-0.3, -0.25) is 0 Å². The normalized spacial score (nSPS) is 10.8. The summed E-state index contributed by atoms with van der Waals surface area (Å²) in [5.41, 5.74) is 7.74. The van der Waals surface area contributed by atoms with Crippen LogP contribution in [-0.2, 0) is 6.42 Å². The highest BCUT2D eigenvalue weighted by Gasteiger charge is 2.01. The second-order valence-corrected chi connectivity index (χ2v) is 3.11. The summed E-state index contributed by atoms with van der Waals surface area (Å²) in [5.74, 6) is 0. The molecule has 0 aromatic carbocycles. The number of aryl methyl sites for hydroxylation is 1. The minimum atomic E-state index is 0.743. The third-order valence-corrected chi connectivity index (χ3v) is 2.19. The molecule has 0 fully saturated rings. The summed E-state index contributed by atoms with van der Waals surface area (Å²) >= 11 is 0. The predicted molar refractivity (Wildman–Crippen MR) is 53.5 cm³/mol. The van der Waals surface area contributed by atoms with Crippen LogP contribution in [0.1, 0.15) is 12.0 Å². The second-order valence-electron chi connectivity index (χ2n) is 3.11. The molecule has 0 aliphatic heterocycles. The fourth-order valence-electron chi connectivity index (χ4n) is 1.51. The van der Waals surface area contributed by atoms with Crippen molar-refractivity contribution in [1.82, 2.24) is 9.97 Å². The van der Waals surface area contributed by atoms with Crippen molar-refractivity contribution < 1.29 is 0 Å². The SMILES string of the molecule is NCCCc1c[nH]c2ncccc12. The summed E-state index contributed by atoms with van der Waals surface area (Å²) in [5, 5.41) is 1.22. The van der Waals surface area contributed by atoms with Crippen molar-refractivity contribution in [1.29, 1.82) is 0 Å². The molecule has 0 aliphatic rings. The summed E-state index contributed by atoms with van der Waals surface area (Å²) in [6.45, 7) is 0.743. The Balaban J connectivity index is 2.35. The van der Waals surface area contributed by atoms with Crippen molar-refractivity contribution in [3.63, 3.8) is 0 Å². The van der Waals surface area contributed by atoms with Crippen LogP contribution in [0.3, 0.4) is 0 Å². The van der Waals surface area contributed by atoms with Crippen LogP contribution in [0.15, 0.2) is 24.5 Å². The summed E-state index contributed by atoms with van der Waals surface area (Å²) in [4.78, 5) is 7.37. The molecule has 0 spiro atoms. The average molecular weight is 175 g/mol. The van der Waals surface area contributed by atoms with E-state index >= 15 is 0 Å². The maximum Gasteiger partial charge on any atom is 0.137 e. The second kappa shape index (κ2) is 3.58. The van der Waals surface area contributed by atoms with Gasteiger partial charge in [-0.15, -0.1) is 0 Å². The highest BCUT2D eigenvalue weighted by molar-refractivity contribution is 5.79. The molecule has 0 saturated carbocycles. The van der Waals surface area contributed by atoms with Gasteiger partial charge in [-0.2, -0.15) is 0 Å². The van der Waals surface area contributed by atoms with Gasteiger partial charge in [0.05, 0.1) is 0 Å². The number of aromatic amines is 1. The molecule has 68 valence electrons. The van der Waals surface area contributed by atoms with E-state index in [1.807, 2.05) is 12.3 Å². The molecule has 3 N–H and O–H groups in total. The first-order valence-corrected chi connectivity index (χ1v) is 4.53. The number of nitrogens with one attached hydrogen (secondary N) is 1. The van der Waals surface area contributed by atoms with Gasteiger partial charge in [-0.05, 0) is 37.1 Å². The van der Waals surface area contributed by atoms with Crippen molar-refractivity contribution in [2.75, 3.05) is 6.54 Å². The molecule has 0 unspecified atom stereocenters. The number of aromatic nitrogens is 2. The molecule has 3 nitrogen and oxygen atoms in total. The zero-order valence-electron chi connectivity index (χ0n) is 7.46. The van der Waals surface area contributed by atoms with Crippen LogP contribution in [-0.4, -0.2) is 16.5 Å². The first kappa shape index (κ1) is 8.26. The molecule has 13 heavy (non-hydrogen) atoms. The van der Waals surface area contributed by atoms with E-state index in [1.54, 1.807) is 6.20 Å². The molecule has 2 aromatic heterocycles. The van der Waals surface area contributed by atoms with Crippen molar-refractivity contribution in [2.24, 2.45) is 5.73 Å². The van der Waals surface area contributed by atoms with Crippen LogP contribution in [0, 0.1) is 0 Å². The van der Waals surface area contributed by atoms with Crippen LogP contribution in [0.5, 0.6) is 0 Å². The third kappa shape index (κ3) is 1.55.